The molecule has 0 aliphatic carbocycles. The van der Waals surface area contributed by atoms with E-state index in [0.29, 0.717) is 29.4 Å². The van der Waals surface area contributed by atoms with Crippen LogP contribution in [0.3, 0.4) is 0 Å². The molecule has 0 aliphatic heterocycles. The third-order valence-corrected chi connectivity index (χ3v) is 3.41. The lowest BCUT2D eigenvalue weighted by Crippen LogP contribution is -2.06. The number of rotatable bonds is 5. The van der Waals surface area contributed by atoms with Gasteiger partial charge in [0.25, 0.3) is 0 Å². The molecule has 2 aromatic carbocycles. The Kier molecular flexibility index (Phi) is 4.74. The summed E-state index contributed by atoms with van der Waals surface area (Å²) in [6.07, 6.45) is 0. The molecule has 1 N–H and O–H groups in total. The zero-order valence-electron chi connectivity index (χ0n) is 13.9. The van der Waals surface area contributed by atoms with Crippen molar-refractivity contribution < 1.29 is 13.9 Å². The van der Waals surface area contributed by atoms with Gasteiger partial charge in [0, 0.05) is 12.6 Å². The summed E-state index contributed by atoms with van der Waals surface area (Å²) in [5.41, 5.74) is 1.66. The third kappa shape index (κ3) is 3.65. The van der Waals surface area contributed by atoms with Gasteiger partial charge in [0.15, 0.2) is 5.82 Å². The summed E-state index contributed by atoms with van der Waals surface area (Å²) >= 11 is 0. The summed E-state index contributed by atoms with van der Waals surface area (Å²) in [6, 6.07) is 13.5. The molecule has 1 aromatic heterocycles. The van der Waals surface area contributed by atoms with Crippen LogP contribution in [0, 0.1) is 5.82 Å². The van der Waals surface area contributed by atoms with Crippen LogP contribution in [0.1, 0.15) is 13.8 Å². The summed E-state index contributed by atoms with van der Waals surface area (Å²) in [5, 5.41) is 7.00. The van der Waals surface area contributed by atoms with Crippen LogP contribution < -0.4 is 10.1 Å². The van der Waals surface area contributed by atoms with E-state index < -0.39 is 5.82 Å². The van der Waals surface area contributed by atoms with Crippen molar-refractivity contribution in [3.8, 4) is 23.1 Å². The molecule has 0 atom stereocenters. The van der Waals surface area contributed by atoms with Crippen LogP contribution >= 0.6 is 0 Å². The highest BCUT2D eigenvalue weighted by atomic mass is 19.1. The van der Waals surface area contributed by atoms with Crippen LogP contribution in [-0.2, 0) is 4.79 Å². The molecule has 3 rings (SSSR count). The zero-order chi connectivity index (χ0) is 17.8. The monoisotopic (exact) mass is 340 g/mol. The highest BCUT2D eigenvalue weighted by Crippen LogP contribution is 2.26. The lowest BCUT2D eigenvalue weighted by Gasteiger charge is -2.08. The molecule has 0 saturated carbocycles. The average Bonchev–Trinajstić information content (AvgIpc) is 2.99. The molecule has 1 heterocycles. The van der Waals surface area contributed by atoms with Gasteiger partial charge in [-0.1, -0.05) is 12.1 Å². The van der Waals surface area contributed by atoms with Gasteiger partial charge in [-0.2, -0.15) is 4.98 Å². The van der Waals surface area contributed by atoms with Crippen molar-refractivity contribution in [2.24, 2.45) is 0 Å². The normalized spacial score (nSPS) is 10.5. The number of anilines is 1. The molecule has 0 fully saturated rings. The van der Waals surface area contributed by atoms with Crippen LogP contribution in [0.4, 0.5) is 10.1 Å². The number of aromatic nitrogens is 3. The van der Waals surface area contributed by atoms with Gasteiger partial charge in [0.05, 0.1) is 17.9 Å². The molecular formula is C18H17FN4O2. The highest BCUT2D eigenvalue weighted by molar-refractivity contribution is 5.88. The minimum atomic E-state index is -0.394. The predicted molar refractivity (Wildman–Crippen MR) is 92.2 cm³/mol. The van der Waals surface area contributed by atoms with E-state index >= 15 is 0 Å². The Morgan fingerprint density at radius 2 is 1.92 bits per heavy atom. The van der Waals surface area contributed by atoms with E-state index in [9.17, 15) is 9.18 Å². The van der Waals surface area contributed by atoms with Crippen molar-refractivity contribution in [1.29, 1.82) is 0 Å². The number of ether oxygens (including phenoxy) is 1. The standard InChI is InChI=1S/C18H17FN4O2/c1-3-25-18-21-17(15-6-4-5-7-16(15)19)23(22-18)14-10-8-13(9-11-14)20-12(2)24/h4-11H,3H2,1-2H3,(H,20,24). The van der Waals surface area contributed by atoms with Crippen molar-refractivity contribution in [1.82, 2.24) is 14.8 Å². The Morgan fingerprint density at radius 3 is 2.56 bits per heavy atom. The van der Waals surface area contributed by atoms with Crippen molar-refractivity contribution in [2.45, 2.75) is 13.8 Å². The molecule has 6 nitrogen and oxygen atoms in total. The lowest BCUT2D eigenvalue weighted by atomic mass is 10.2. The number of hydrogen-bond donors (Lipinski definition) is 1. The third-order valence-electron chi connectivity index (χ3n) is 3.41. The van der Waals surface area contributed by atoms with Gasteiger partial charge in [0.1, 0.15) is 5.82 Å². The number of nitrogens with zero attached hydrogens (tertiary/aromatic N) is 3. The molecule has 0 saturated heterocycles. The summed E-state index contributed by atoms with van der Waals surface area (Å²) in [7, 11) is 0. The number of hydrogen-bond acceptors (Lipinski definition) is 4. The Bertz CT molecular complexity index is 890. The van der Waals surface area contributed by atoms with E-state index in [1.54, 1.807) is 42.5 Å². The first-order valence-electron chi connectivity index (χ1n) is 7.81. The number of carbonyl (C=O) groups is 1. The fourth-order valence-electron chi connectivity index (χ4n) is 2.37. The topological polar surface area (TPSA) is 69.0 Å². The Morgan fingerprint density at radius 1 is 1.20 bits per heavy atom. The van der Waals surface area contributed by atoms with Gasteiger partial charge < -0.3 is 10.1 Å². The SMILES string of the molecule is CCOc1nc(-c2ccccc2F)n(-c2ccc(NC(C)=O)cc2)n1. The molecule has 0 bridgehead atoms. The Hall–Kier alpha value is -3.22. The fraction of sp³-hybridized carbons (Fsp3) is 0.167. The Balaban J connectivity index is 2.05. The van der Waals surface area contributed by atoms with Gasteiger partial charge in [-0.15, -0.1) is 5.10 Å². The van der Waals surface area contributed by atoms with E-state index in [-0.39, 0.29) is 11.9 Å². The summed E-state index contributed by atoms with van der Waals surface area (Å²) in [6.45, 7) is 3.67. The maximum atomic E-state index is 14.2. The van der Waals surface area contributed by atoms with E-state index in [1.807, 2.05) is 6.92 Å². The zero-order valence-corrected chi connectivity index (χ0v) is 13.9. The maximum Gasteiger partial charge on any atom is 0.336 e. The number of benzene rings is 2. The fourth-order valence-corrected chi connectivity index (χ4v) is 2.37. The molecular weight excluding hydrogens is 323 g/mol. The second-order valence-electron chi connectivity index (χ2n) is 5.27. The van der Waals surface area contributed by atoms with Crippen LogP contribution in [0.5, 0.6) is 6.01 Å². The van der Waals surface area contributed by atoms with Gasteiger partial charge >= 0.3 is 6.01 Å². The first kappa shape index (κ1) is 16.6. The molecule has 0 spiro atoms. The Labute approximate surface area is 144 Å². The number of halogens is 1. The van der Waals surface area contributed by atoms with E-state index in [4.69, 9.17) is 4.74 Å². The van der Waals surface area contributed by atoms with Crippen LogP contribution in [0.15, 0.2) is 48.5 Å². The van der Waals surface area contributed by atoms with E-state index in [2.05, 4.69) is 15.4 Å². The second kappa shape index (κ2) is 7.12. The minimum absolute atomic E-state index is 0.154. The molecule has 0 aliphatic rings. The number of nitrogens with one attached hydrogen (secondary N) is 1. The molecule has 25 heavy (non-hydrogen) atoms. The molecule has 0 unspecified atom stereocenters. The lowest BCUT2D eigenvalue weighted by molar-refractivity contribution is -0.114. The maximum absolute atomic E-state index is 14.2. The molecule has 3 aromatic rings. The summed E-state index contributed by atoms with van der Waals surface area (Å²) in [5.74, 6) is -0.206. The van der Waals surface area contributed by atoms with E-state index in [1.165, 1.54) is 17.7 Å². The van der Waals surface area contributed by atoms with Crippen molar-refractivity contribution in [3.05, 3.63) is 54.3 Å². The molecule has 7 heteroatoms. The van der Waals surface area contributed by atoms with Crippen LogP contribution in [0.25, 0.3) is 17.1 Å². The first-order chi connectivity index (χ1) is 12.1. The minimum Gasteiger partial charge on any atom is -0.463 e. The average molecular weight is 340 g/mol. The van der Waals surface area contributed by atoms with Gasteiger partial charge in [0.2, 0.25) is 5.91 Å². The largest absolute Gasteiger partial charge is 0.463 e. The van der Waals surface area contributed by atoms with Crippen molar-refractivity contribution in [2.75, 3.05) is 11.9 Å². The van der Waals surface area contributed by atoms with Gasteiger partial charge in [-0.25, -0.2) is 9.07 Å². The second-order valence-corrected chi connectivity index (χ2v) is 5.27. The summed E-state index contributed by atoms with van der Waals surface area (Å²) < 4.78 is 21.1. The van der Waals surface area contributed by atoms with Crippen molar-refractivity contribution in [3.63, 3.8) is 0 Å². The predicted octanol–water partition coefficient (Wildman–Crippen LogP) is 3.43. The molecule has 128 valence electrons. The van der Waals surface area contributed by atoms with Gasteiger partial charge in [-0.05, 0) is 43.3 Å². The first-order valence-corrected chi connectivity index (χ1v) is 7.81. The molecule has 0 radical (unpaired) electrons. The summed E-state index contributed by atoms with van der Waals surface area (Å²) in [4.78, 5) is 15.4. The van der Waals surface area contributed by atoms with E-state index in [0.717, 1.165) is 0 Å². The highest BCUT2D eigenvalue weighted by Gasteiger charge is 2.17. The van der Waals surface area contributed by atoms with Gasteiger partial charge in [-0.3, -0.25) is 4.79 Å². The molecule has 1 amide bonds. The number of amides is 1. The smallest absolute Gasteiger partial charge is 0.336 e. The van der Waals surface area contributed by atoms with Crippen molar-refractivity contribution >= 4 is 11.6 Å². The van der Waals surface area contributed by atoms with Crippen LogP contribution in [0.2, 0.25) is 0 Å². The quantitative estimate of drug-likeness (QED) is 0.772. The van der Waals surface area contributed by atoms with Crippen LogP contribution in [-0.4, -0.2) is 27.3 Å². The number of carbonyl (C=O) groups excluding carboxylic acids is 1.